The molecule has 0 aliphatic heterocycles. The highest BCUT2D eigenvalue weighted by molar-refractivity contribution is 5.93. The highest BCUT2D eigenvalue weighted by atomic mass is 19.4. The van der Waals surface area contributed by atoms with Gasteiger partial charge in [-0.25, -0.2) is 9.48 Å². The van der Waals surface area contributed by atoms with Gasteiger partial charge in [-0.05, 0) is 26.0 Å². The Kier molecular flexibility index (Phi) is 3.24. The molecule has 1 N–H and O–H groups in total. The van der Waals surface area contributed by atoms with E-state index in [9.17, 15) is 18.0 Å². The lowest BCUT2D eigenvalue weighted by Crippen LogP contribution is -2.12. The van der Waals surface area contributed by atoms with Gasteiger partial charge in [0.2, 0.25) is 0 Å². The van der Waals surface area contributed by atoms with Crippen LogP contribution in [0.25, 0.3) is 5.69 Å². The Morgan fingerprint density at radius 1 is 1.35 bits per heavy atom. The first kappa shape index (κ1) is 14.0. The van der Waals surface area contributed by atoms with Crippen molar-refractivity contribution >= 4 is 5.97 Å². The first-order chi connectivity index (χ1) is 9.20. The highest BCUT2D eigenvalue weighted by Gasteiger charge is 2.34. The third kappa shape index (κ3) is 2.49. The van der Waals surface area contributed by atoms with E-state index in [1.165, 1.54) is 13.0 Å². The van der Waals surface area contributed by atoms with Crippen LogP contribution in [0.3, 0.4) is 0 Å². The van der Waals surface area contributed by atoms with Gasteiger partial charge in [-0.2, -0.15) is 18.3 Å². The summed E-state index contributed by atoms with van der Waals surface area (Å²) >= 11 is 0. The van der Waals surface area contributed by atoms with Gasteiger partial charge in [-0.1, -0.05) is 0 Å². The molecule has 0 aromatic carbocycles. The zero-order valence-electron chi connectivity index (χ0n) is 10.6. The number of aromatic nitrogens is 3. The highest BCUT2D eigenvalue weighted by Crippen LogP contribution is 2.28. The average molecular weight is 285 g/mol. The molecule has 20 heavy (non-hydrogen) atoms. The molecule has 106 valence electrons. The van der Waals surface area contributed by atoms with Crippen LogP contribution in [0.1, 0.15) is 27.4 Å². The average Bonchev–Trinajstić information content (AvgIpc) is 2.75. The second kappa shape index (κ2) is 4.62. The SMILES string of the molecule is Cc1cc(-n2ccc(C(F)(F)F)n2)c(C(=O)O)c(C)n1. The van der Waals surface area contributed by atoms with Gasteiger partial charge in [0.05, 0.1) is 11.4 Å². The monoisotopic (exact) mass is 285 g/mol. The predicted octanol–water partition coefficient (Wildman–Crippen LogP) is 2.60. The number of hydrogen-bond donors (Lipinski definition) is 1. The molecule has 0 aliphatic rings. The molecule has 0 atom stereocenters. The van der Waals surface area contributed by atoms with E-state index in [0.29, 0.717) is 5.69 Å². The fourth-order valence-electron chi connectivity index (χ4n) is 1.86. The molecule has 0 unspecified atom stereocenters. The number of rotatable bonds is 2. The van der Waals surface area contributed by atoms with Crippen molar-refractivity contribution < 1.29 is 23.1 Å². The van der Waals surface area contributed by atoms with Gasteiger partial charge in [-0.3, -0.25) is 4.98 Å². The number of aryl methyl sites for hydroxylation is 2. The molecule has 2 heterocycles. The van der Waals surface area contributed by atoms with Crippen LogP contribution in [0.5, 0.6) is 0 Å². The summed E-state index contributed by atoms with van der Waals surface area (Å²) in [4.78, 5) is 15.2. The first-order valence-corrected chi connectivity index (χ1v) is 5.55. The fraction of sp³-hybridized carbons (Fsp3) is 0.250. The molecule has 0 bridgehead atoms. The molecule has 0 radical (unpaired) electrons. The van der Waals surface area contributed by atoms with Crippen molar-refractivity contribution in [3.63, 3.8) is 0 Å². The number of nitrogens with zero attached hydrogens (tertiary/aromatic N) is 3. The fourth-order valence-corrected chi connectivity index (χ4v) is 1.86. The Morgan fingerprint density at radius 2 is 2.00 bits per heavy atom. The summed E-state index contributed by atoms with van der Waals surface area (Å²) in [6.07, 6.45) is -3.50. The second-order valence-corrected chi connectivity index (χ2v) is 4.19. The summed E-state index contributed by atoms with van der Waals surface area (Å²) < 4.78 is 38.5. The van der Waals surface area contributed by atoms with Crippen LogP contribution in [-0.2, 0) is 6.18 Å². The lowest BCUT2D eigenvalue weighted by atomic mass is 10.1. The summed E-state index contributed by atoms with van der Waals surface area (Å²) in [6.45, 7) is 3.10. The minimum Gasteiger partial charge on any atom is -0.478 e. The molecular formula is C12H10F3N3O2. The van der Waals surface area contributed by atoms with Gasteiger partial charge < -0.3 is 5.11 Å². The molecule has 0 fully saturated rings. The van der Waals surface area contributed by atoms with Crippen molar-refractivity contribution in [2.24, 2.45) is 0 Å². The number of alkyl halides is 3. The Labute approximate surface area is 111 Å². The first-order valence-electron chi connectivity index (χ1n) is 5.55. The quantitative estimate of drug-likeness (QED) is 0.921. The Bertz CT molecular complexity index is 677. The third-order valence-corrected chi connectivity index (χ3v) is 2.65. The molecule has 0 aliphatic carbocycles. The molecule has 5 nitrogen and oxygen atoms in total. The Balaban J connectivity index is 2.63. The zero-order valence-corrected chi connectivity index (χ0v) is 10.6. The minimum atomic E-state index is -4.58. The summed E-state index contributed by atoms with van der Waals surface area (Å²) in [5, 5.41) is 12.5. The zero-order chi connectivity index (χ0) is 15.1. The number of carboxylic acid groups (broad SMARTS) is 1. The third-order valence-electron chi connectivity index (χ3n) is 2.65. The summed E-state index contributed by atoms with van der Waals surface area (Å²) in [6, 6.07) is 2.17. The van der Waals surface area contributed by atoms with E-state index in [0.717, 1.165) is 16.9 Å². The van der Waals surface area contributed by atoms with E-state index in [-0.39, 0.29) is 16.9 Å². The number of aromatic carboxylic acids is 1. The van der Waals surface area contributed by atoms with Crippen molar-refractivity contribution in [1.82, 2.24) is 14.8 Å². The van der Waals surface area contributed by atoms with E-state index in [2.05, 4.69) is 10.1 Å². The molecule has 0 amide bonds. The lowest BCUT2D eigenvalue weighted by molar-refractivity contribution is -0.141. The van der Waals surface area contributed by atoms with Crippen LogP contribution in [0, 0.1) is 13.8 Å². The van der Waals surface area contributed by atoms with E-state index >= 15 is 0 Å². The smallest absolute Gasteiger partial charge is 0.435 e. The van der Waals surface area contributed by atoms with E-state index in [1.807, 2.05) is 0 Å². The standard InChI is InChI=1S/C12H10F3N3O2/c1-6-5-8(10(11(19)20)7(2)16-6)18-4-3-9(17-18)12(13,14)15/h3-5H,1-2H3,(H,19,20). The lowest BCUT2D eigenvalue weighted by Gasteiger charge is -2.10. The number of carbonyl (C=O) groups is 1. The van der Waals surface area contributed by atoms with E-state index in [1.54, 1.807) is 6.92 Å². The van der Waals surface area contributed by atoms with Crippen molar-refractivity contribution in [3.8, 4) is 5.69 Å². The van der Waals surface area contributed by atoms with Crippen LogP contribution >= 0.6 is 0 Å². The van der Waals surface area contributed by atoms with Gasteiger partial charge in [0.25, 0.3) is 0 Å². The van der Waals surface area contributed by atoms with Crippen LogP contribution in [0.4, 0.5) is 13.2 Å². The molecule has 2 aromatic rings. The summed E-state index contributed by atoms with van der Waals surface area (Å²) in [5.41, 5.74) is -0.491. The maximum atomic E-state index is 12.5. The molecule has 2 aromatic heterocycles. The molecule has 8 heteroatoms. The summed E-state index contributed by atoms with van der Waals surface area (Å²) in [7, 11) is 0. The van der Waals surface area contributed by atoms with Gasteiger partial charge in [-0.15, -0.1) is 0 Å². The van der Waals surface area contributed by atoms with E-state index < -0.39 is 17.8 Å². The Morgan fingerprint density at radius 3 is 2.50 bits per heavy atom. The van der Waals surface area contributed by atoms with Gasteiger partial charge in [0, 0.05) is 11.9 Å². The van der Waals surface area contributed by atoms with E-state index in [4.69, 9.17) is 5.11 Å². The molecule has 0 spiro atoms. The second-order valence-electron chi connectivity index (χ2n) is 4.19. The normalized spacial score (nSPS) is 11.7. The maximum absolute atomic E-state index is 12.5. The van der Waals surface area contributed by atoms with Crippen LogP contribution in [0.15, 0.2) is 18.3 Å². The summed E-state index contributed by atoms with van der Waals surface area (Å²) in [5.74, 6) is -1.27. The van der Waals surface area contributed by atoms with Crippen LogP contribution in [0.2, 0.25) is 0 Å². The maximum Gasteiger partial charge on any atom is 0.435 e. The van der Waals surface area contributed by atoms with Gasteiger partial charge in [0.1, 0.15) is 5.56 Å². The predicted molar refractivity (Wildman–Crippen MR) is 62.8 cm³/mol. The Hall–Kier alpha value is -2.38. The minimum absolute atomic E-state index is 0.0537. The van der Waals surface area contributed by atoms with Gasteiger partial charge >= 0.3 is 12.1 Å². The van der Waals surface area contributed by atoms with Crippen molar-refractivity contribution in [2.45, 2.75) is 20.0 Å². The van der Waals surface area contributed by atoms with Gasteiger partial charge in [0.15, 0.2) is 5.69 Å². The van der Waals surface area contributed by atoms with Crippen molar-refractivity contribution in [2.75, 3.05) is 0 Å². The molecule has 0 saturated carbocycles. The number of halogens is 3. The number of pyridine rings is 1. The topological polar surface area (TPSA) is 68.0 Å². The molecular weight excluding hydrogens is 275 g/mol. The largest absolute Gasteiger partial charge is 0.478 e. The number of hydrogen-bond acceptors (Lipinski definition) is 3. The van der Waals surface area contributed by atoms with Crippen LogP contribution < -0.4 is 0 Å². The van der Waals surface area contributed by atoms with Crippen molar-refractivity contribution in [1.29, 1.82) is 0 Å². The van der Waals surface area contributed by atoms with Crippen LogP contribution in [-0.4, -0.2) is 25.8 Å². The molecule has 0 saturated heterocycles. The molecule has 2 rings (SSSR count). The number of carboxylic acids is 1. The van der Waals surface area contributed by atoms with Crippen molar-refractivity contribution in [3.05, 3.63) is 41.0 Å².